The molecule has 1 fully saturated rings. The smallest absolute Gasteiger partial charge is 0.326 e. The fourth-order valence-corrected chi connectivity index (χ4v) is 2.74. The molecule has 0 saturated carbocycles. The van der Waals surface area contributed by atoms with Crippen LogP contribution in [-0.2, 0) is 9.59 Å². The number of carboxylic acids is 1. The first-order valence-electron chi connectivity index (χ1n) is 7.40. The van der Waals surface area contributed by atoms with Crippen molar-refractivity contribution < 1.29 is 23.9 Å². The number of halogens is 1. The summed E-state index contributed by atoms with van der Waals surface area (Å²) in [6, 6.07) is 2.70. The van der Waals surface area contributed by atoms with E-state index >= 15 is 0 Å². The lowest BCUT2D eigenvalue weighted by molar-refractivity contribution is -0.144. The highest BCUT2D eigenvalue weighted by molar-refractivity contribution is 5.99. The van der Waals surface area contributed by atoms with Gasteiger partial charge in [-0.15, -0.1) is 0 Å². The molecule has 1 saturated heterocycles. The number of nitrogens with zero attached hydrogens (tertiary/aromatic N) is 1. The quantitative estimate of drug-likeness (QED) is 0.892. The molecule has 0 aromatic heterocycles. The van der Waals surface area contributed by atoms with Gasteiger partial charge in [0.05, 0.1) is 5.56 Å². The van der Waals surface area contributed by atoms with E-state index in [0.717, 1.165) is 6.07 Å². The molecule has 2 unspecified atom stereocenters. The lowest BCUT2D eigenvalue weighted by Gasteiger charge is -2.36. The van der Waals surface area contributed by atoms with Crippen molar-refractivity contribution in [2.75, 3.05) is 11.9 Å². The molecule has 1 aliphatic heterocycles. The van der Waals surface area contributed by atoms with Crippen LogP contribution in [0.25, 0.3) is 0 Å². The number of carboxylic acid groups (broad SMARTS) is 1. The first-order valence-corrected chi connectivity index (χ1v) is 7.40. The van der Waals surface area contributed by atoms with Crippen LogP contribution in [0.5, 0.6) is 0 Å². The Balaban J connectivity index is 2.31. The number of anilines is 1. The van der Waals surface area contributed by atoms with E-state index in [-0.39, 0.29) is 23.9 Å². The van der Waals surface area contributed by atoms with Crippen molar-refractivity contribution in [3.05, 3.63) is 29.6 Å². The molecule has 2 atom stereocenters. The summed E-state index contributed by atoms with van der Waals surface area (Å²) in [4.78, 5) is 36.3. The van der Waals surface area contributed by atoms with Gasteiger partial charge in [-0.2, -0.15) is 0 Å². The highest BCUT2D eigenvalue weighted by atomic mass is 19.1. The lowest BCUT2D eigenvalue weighted by atomic mass is 9.92. The summed E-state index contributed by atoms with van der Waals surface area (Å²) in [6.07, 6.45) is 1.01. The number of amides is 2. The standard InChI is InChI=1S/C16H19FN2O4/c1-9-5-6-19(14(7-9)16(22)23)15(21)12-8-11(18-10(2)20)3-4-13(12)17/h3-4,8-9,14H,5-7H2,1-2H3,(H,18,20)(H,22,23). The van der Waals surface area contributed by atoms with Gasteiger partial charge in [0.2, 0.25) is 5.91 Å². The van der Waals surface area contributed by atoms with Crippen LogP contribution in [0, 0.1) is 11.7 Å². The Morgan fingerprint density at radius 3 is 2.65 bits per heavy atom. The Hall–Kier alpha value is -2.44. The van der Waals surface area contributed by atoms with Crippen molar-refractivity contribution in [3.8, 4) is 0 Å². The van der Waals surface area contributed by atoms with Crippen molar-refractivity contribution in [1.82, 2.24) is 4.90 Å². The monoisotopic (exact) mass is 322 g/mol. The third kappa shape index (κ3) is 3.85. The van der Waals surface area contributed by atoms with Gasteiger partial charge in [-0.1, -0.05) is 6.92 Å². The molecule has 0 aliphatic carbocycles. The predicted molar refractivity (Wildman–Crippen MR) is 81.6 cm³/mol. The minimum Gasteiger partial charge on any atom is -0.480 e. The predicted octanol–water partition coefficient (Wildman–Crippen LogP) is 2.11. The molecule has 1 aliphatic rings. The molecule has 0 bridgehead atoms. The molecular formula is C16H19FN2O4. The van der Waals surface area contributed by atoms with Crippen LogP contribution in [0.15, 0.2) is 18.2 Å². The van der Waals surface area contributed by atoms with E-state index < -0.39 is 23.7 Å². The van der Waals surface area contributed by atoms with E-state index in [1.807, 2.05) is 6.92 Å². The molecule has 2 amide bonds. The topological polar surface area (TPSA) is 86.7 Å². The Morgan fingerprint density at radius 2 is 2.04 bits per heavy atom. The van der Waals surface area contributed by atoms with Crippen LogP contribution < -0.4 is 5.32 Å². The summed E-state index contributed by atoms with van der Waals surface area (Å²) < 4.78 is 14.0. The van der Waals surface area contributed by atoms with Gasteiger partial charge in [0, 0.05) is 19.2 Å². The van der Waals surface area contributed by atoms with E-state index in [2.05, 4.69) is 5.32 Å². The third-order valence-electron chi connectivity index (χ3n) is 3.93. The second-order valence-electron chi connectivity index (χ2n) is 5.86. The van der Waals surface area contributed by atoms with Gasteiger partial charge < -0.3 is 15.3 Å². The second kappa shape index (κ2) is 6.76. The largest absolute Gasteiger partial charge is 0.480 e. The van der Waals surface area contributed by atoms with E-state index in [0.29, 0.717) is 18.5 Å². The van der Waals surface area contributed by atoms with Gasteiger partial charge in [-0.25, -0.2) is 9.18 Å². The molecule has 1 aromatic rings. The zero-order chi connectivity index (χ0) is 17.1. The van der Waals surface area contributed by atoms with Crippen LogP contribution >= 0.6 is 0 Å². The van der Waals surface area contributed by atoms with Crippen LogP contribution in [0.4, 0.5) is 10.1 Å². The highest BCUT2D eigenvalue weighted by Gasteiger charge is 2.36. The zero-order valence-electron chi connectivity index (χ0n) is 13.0. The summed E-state index contributed by atoms with van der Waals surface area (Å²) in [6.45, 7) is 3.49. The molecule has 7 heteroatoms. The molecule has 0 radical (unpaired) electrons. The Labute approximate surface area is 133 Å². The van der Waals surface area contributed by atoms with Gasteiger partial charge in [-0.05, 0) is 37.0 Å². The fraction of sp³-hybridized carbons (Fsp3) is 0.438. The highest BCUT2D eigenvalue weighted by Crippen LogP contribution is 2.26. The molecule has 2 rings (SSSR count). The molecular weight excluding hydrogens is 303 g/mol. The number of carbonyl (C=O) groups excluding carboxylic acids is 2. The Kier molecular flexibility index (Phi) is 4.98. The van der Waals surface area contributed by atoms with Crippen molar-refractivity contribution in [2.45, 2.75) is 32.7 Å². The van der Waals surface area contributed by atoms with Gasteiger partial charge in [0.1, 0.15) is 11.9 Å². The molecule has 0 spiro atoms. The third-order valence-corrected chi connectivity index (χ3v) is 3.93. The van der Waals surface area contributed by atoms with Crippen LogP contribution in [0.3, 0.4) is 0 Å². The number of aliphatic carboxylic acids is 1. The first-order chi connectivity index (χ1) is 10.8. The number of nitrogens with one attached hydrogen (secondary N) is 1. The van der Waals surface area contributed by atoms with Crippen molar-refractivity contribution >= 4 is 23.5 Å². The minimum atomic E-state index is -1.09. The molecule has 23 heavy (non-hydrogen) atoms. The molecule has 6 nitrogen and oxygen atoms in total. The SMILES string of the molecule is CC(=O)Nc1ccc(F)c(C(=O)N2CCC(C)CC2C(=O)O)c1. The summed E-state index contributed by atoms with van der Waals surface area (Å²) in [5.41, 5.74) is 0.0524. The molecule has 1 aromatic carbocycles. The maximum atomic E-state index is 14.0. The maximum absolute atomic E-state index is 14.0. The lowest BCUT2D eigenvalue weighted by Crippen LogP contribution is -2.50. The van der Waals surface area contributed by atoms with Gasteiger partial charge >= 0.3 is 5.97 Å². The summed E-state index contributed by atoms with van der Waals surface area (Å²) in [7, 11) is 0. The van der Waals surface area contributed by atoms with E-state index in [1.54, 1.807) is 0 Å². The Morgan fingerprint density at radius 1 is 1.35 bits per heavy atom. The van der Waals surface area contributed by atoms with Gasteiger partial charge in [-0.3, -0.25) is 9.59 Å². The number of likely N-dealkylation sites (tertiary alicyclic amines) is 1. The Bertz CT molecular complexity index is 647. The maximum Gasteiger partial charge on any atom is 0.326 e. The van der Waals surface area contributed by atoms with Crippen molar-refractivity contribution in [1.29, 1.82) is 0 Å². The molecule has 2 N–H and O–H groups in total. The average molecular weight is 322 g/mol. The summed E-state index contributed by atoms with van der Waals surface area (Å²) in [5.74, 6) is -2.66. The average Bonchev–Trinajstić information content (AvgIpc) is 2.48. The number of rotatable bonds is 3. The van der Waals surface area contributed by atoms with Crippen LogP contribution in [-0.4, -0.2) is 40.4 Å². The zero-order valence-corrected chi connectivity index (χ0v) is 13.0. The van der Waals surface area contributed by atoms with Gasteiger partial charge in [0.25, 0.3) is 5.91 Å². The van der Waals surface area contributed by atoms with Gasteiger partial charge in [0.15, 0.2) is 0 Å². The second-order valence-corrected chi connectivity index (χ2v) is 5.86. The normalized spacial score (nSPS) is 20.9. The number of benzene rings is 1. The number of piperidine rings is 1. The minimum absolute atomic E-state index is 0.190. The molecule has 124 valence electrons. The fourth-order valence-electron chi connectivity index (χ4n) is 2.74. The summed E-state index contributed by atoms with van der Waals surface area (Å²) >= 11 is 0. The summed E-state index contributed by atoms with van der Waals surface area (Å²) in [5, 5.41) is 11.8. The number of hydrogen-bond donors (Lipinski definition) is 2. The van der Waals surface area contributed by atoms with E-state index in [4.69, 9.17) is 0 Å². The van der Waals surface area contributed by atoms with Crippen LogP contribution in [0.2, 0.25) is 0 Å². The first kappa shape index (κ1) is 16.9. The van der Waals surface area contributed by atoms with Crippen LogP contribution in [0.1, 0.15) is 37.0 Å². The van der Waals surface area contributed by atoms with Crippen molar-refractivity contribution in [3.63, 3.8) is 0 Å². The van der Waals surface area contributed by atoms with E-state index in [1.165, 1.54) is 24.0 Å². The number of carbonyl (C=O) groups is 3. The van der Waals surface area contributed by atoms with Crippen molar-refractivity contribution in [2.24, 2.45) is 5.92 Å². The van der Waals surface area contributed by atoms with E-state index in [9.17, 15) is 23.9 Å². The molecule has 1 heterocycles. The number of hydrogen-bond acceptors (Lipinski definition) is 3.